The van der Waals surface area contributed by atoms with E-state index in [1.165, 1.54) is 0 Å². The Bertz CT molecular complexity index is 397. The summed E-state index contributed by atoms with van der Waals surface area (Å²) in [5, 5.41) is 0. The van der Waals surface area contributed by atoms with Crippen LogP contribution in [-0.4, -0.2) is 37.1 Å². The van der Waals surface area contributed by atoms with Gasteiger partial charge in [0.15, 0.2) is 0 Å². The van der Waals surface area contributed by atoms with E-state index < -0.39 is 28.1 Å². The molecule has 1 rings (SSSR count). The van der Waals surface area contributed by atoms with E-state index in [1.807, 2.05) is 6.92 Å². The molecule has 1 aliphatic rings. The smallest absolute Gasteiger partial charge is 0.425 e. The van der Waals surface area contributed by atoms with Crippen LogP contribution in [0.2, 0.25) is 0 Å². The third-order valence-electron chi connectivity index (χ3n) is 2.40. The Morgan fingerprint density at radius 3 is 2.35 bits per heavy atom. The molecule has 17 heavy (non-hydrogen) atoms. The quantitative estimate of drug-likeness (QED) is 0.664. The molecule has 0 aromatic rings. The van der Waals surface area contributed by atoms with Crippen LogP contribution in [0.25, 0.3) is 0 Å². The number of carbonyl (C=O) groups is 1. The Balaban J connectivity index is 2.86. The van der Waals surface area contributed by atoms with Crippen molar-refractivity contribution in [2.24, 2.45) is 5.92 Å². The van der Waals surface area contributed by atoms with Gasteiger partial charge in [-0.1, -0.05) is 6.92 Å². The van der Waals surface area contributed by atoms with E-state index in [1.54, 1.807) is 27.7 Å². The fourth-order valence-corrected chi connectivity index (χ4v) is 2.63. The molecule has 7 heteroatoms. The van der Waals surface area contributed by atoms with Gasteiger partial charge in [0.1, 0.15) is 5.60 Å². The van der Waals surface area contributed by atoms with Crippen molar-refractivity contribution in [3.05, 3.63) is 0 Å². The van der Waals surface area contributed by atoms with Crippen LogP contribution in [0.4, 0.5) is 4.79 Å². The van der Waals surface area contributed by atoms with Crippen molar-refractivity contribution in [3.63, 3.8) is 0 Å². The standard InChI is InChI=1S/C10H19NO5S/c1-7-6-11(9(12)15-10(3,4)5)17(13,14)16-8(7)2/h7-8H,6H2,1-5H3/t7-,8-/m1/s1. The van der Waals surface area contributed by atoms with Crippen molar-refractivity contribution in [1.82, 2.24) is 4.31 Å². The first-order chi connectivity index (χ1) is 7.53. The Kier molecular flexibility index (Phi) is 3.73. The minimum atomic E-state index is -4.02. The number of nitrogens with zero attached hydrogens (tertiary/aromatic N) is 1. The predicted octanol–water partition coefficient (Wildman–Crippen LogP) is 1.52. The summed E-state index contributed by atoms with van der Waals surface area (Å²) in [7, 11) is -4.02. The molecular formula is C10H19NO5S. The molecule has 0 aromatic carbocycles. The van der Waals surface area contributed by atoms with E-state index in [2.05, 4.69) is 0 Å². The van der Waals surface area contributed by atoms with Crippen molar-refractivity contribution < 1.29 is 22.1 Å². The Labute approximate surface area is 102 Å². The maximum absolute atomic E-state index is 11.7. The normalized spacial score (nSPS) is 28.9. The molecule has 2 atom stereocenters. The van der Waals surface area contributed by atoms with Gasteiger partial charge in [0.05, 0.1) is 6.10 Å². The molecule has 0 saturated carbocycles. The second-order valence-electron chi connectivity index (χ2n) is 5.25. The van der Waals surface area contributed by atoms with Crippen molar-refractivity contribution in [1.29, 1.82) is 0 Å². The number of hydrogen-bond donors (Lipinski definition) is 0. The van der Waals surface area contributed by atoms with Gasteiger partial charge in [-0.15, -0.1) is 0 Å². The highest BCUT2D eigenvalue weighted by atomic mass is 32.2. The van der Waals surface area contributed by atoms with Crippen molar-refractivity contribution in [3.8, 4) is 0 Å². The Hall–Kier alpha value is -0.820. The van der Waals surface area contributed by atoms with Crippen LogP contribution < -0.4 is 0 Å². The lowest BCUT2D eigenvalue weighted by Crippen LogP contribution is -2.50. The molecule has 0 unspecified atom stereocenters. The molecule has 0 radical (unpaired) electrons. The summed E-state index contributed by atoms with van der Waals surface area (Å²) in [5.74, 6) is -0.0638. The van der Waals surface area contributed by atoms with E-state index in [4.69, 9.17) is 8.92 Å². The van der Waals surface area contributed by atoms with Gasteiger partial charge in [-0.3, -0.25) is 4.18 Å². The Morgan fingerprint density at radius 2 is 1.88 bits per heavy atom. The van der Waals surface area contributed by atoms with Crippen LogP contribution >= 0.6 is 0 Å². The van der Waals surface area contributed by atoms with Crippen molar-refractivity contribution in [2.45, 2.75) is 46.3 Å². The summed E-state index contributed by atoms with van der Waals surface area (Å²) in [6.45, 7) is 8.58. The average Bonchev–Trinajstić information content (AvgIpc) is 2.07. The van der Waals surface area contributed by atoms with E-state index in [9.17, 15) is 13.2 Å². The van der Waals surface area contributed by atoms with Gasteiger partial charge in [0.2, 0.25) is 0 Å². The van der Waals surface area contributed by atoms with Gasteiger partial charge in [-0.2, -0.15) is 12.7 Å². The van der Waals surface area contributed by atoms with Gasteiger partial charge in [-0.25, -0.2) is 4.79 Å². The maximum Gasteiger partial charge on any atom is 0.425 e. The number of hydrogen-bond acceptors (Lipinski definition) is 5. The zero-order valence-corrected chi connectivity index (χ0v) is 11.6. The van der Waals surface area contributed by atoms with Gasteiger partial charge in [0, 0.05) is 12.5 Å². The highest BCUT2D eigenvalue weighted by Crippen LogP contribution is 2.24. The first-order valence-electron chi connectivity index (χ1n) is 5.47. The minimum absolute atomic E-state index is 0.0638. The summed E-state index contributed by atoms with van der Waals surface area (Å²) in [6, 6.07) is 0. The largest absolute Gasteiger partial charge is 0.443 e. The lowest BCUT2D eigenvalue weighted by atomic mass is 10.1. The fraction of sp³-hybridized carbons (Fsp3) is 0.900. The van der Waals surface area contributed by atoms with Gasteiger partial charge in [0.25, 0.3) is 0 Å². The van der Waals surface area contributed by atoms with E-state index >= 15 is 0 Å². The van der Waals surface area contributed by atoms with E-state index in [-0.39, 0.29) is 12.5 Å². The van der Waals surface area contributed by atoms with E-state index in [0.29, 0.717) is 4.31 Å². The molecule has 1 saturated heterocycles. The van der Waals surface area contributed by atoms with Crippen LogP contribution in [0.15, 0.2) is 0 Å². The molecule has 0 aromatic heterocycles. The SMILES string of the molecule is C[C@@H]1CN(C(=O)OC(C)(C)C)S(=O)(=O)O[C@@H]1C. The van der Waals surface area contributed by atoms with Gasteiger partial charge >= 0.3 is 16.4 Å². The average molecular weight is 265 g/mol. The van der Waals surface area contributed by atoms with Crippen LogP contribution in [0.3, 0.4) is 0 Å². The number of amides is 1. The van der Waals surface area contributed by atoms with Crippen LogP contribution in [0.5, 0.6) is 0 Å². The summed E-state index contributed by atoms with van der Waals surface area (Å²) in [4.78, 5) is 11.7. The zero-order valence-electron chi connectivity index (χ0n) is 10.8. The predicted molar refractivity (Wildman–Crippen MR) is 61.6 cm³/mol. The highest BCUT2D eigenvalue weighted by Gasteiger charge is 2.40. The molecule has 0 aliphatic carbocycles. The second kappa shape index (κ2) is 4.45. The van der Waals surface area contributed by atoms with Crippen molar-refractivity contribution >= 4 is 16.4 Å². The van der Waals surface area contributed by atoms with E-state index in [0.717, 1.165) is 0 Å². The maximum atomic E-state index is 11.7. The van der Waals surface area contributed by atoms with Crippen LogP contribution in [0, 0.1) is 5.92 Å². The summed E-state index contributed by atoms with van der Waals surface area (Å²) >= 11 is 0. The number of rotatable bonds is 0. The summed E-state index contributed by atoms with van der Waals surface area (Å²) in [6.07, 6.45) is -1.32. The third-order valence-corrected chi connectivity index (χ3v) is 3.78. The lowest BCUT2D eigenvalue weighted by Gasteiger charge is -2.34. The molecule has 0 spiro atoms. The third kappa shape index (κ3) is 3.57. The molecule has 0 bridgehead atoms. The Morgan fingerprint density at radius 1 is 1.35 bits per heavy atom. The monoisotopic (exact) mass is 265 g/mol. The van der Waals surface area contributed by atoms with Crippen molar-refractivity contribution in [2.75, 3.05) is 6.54 Å². The summed E-state index contributed by atoms with van der Waals surface area (Å²) in [5.41, 5.74) is -0.737. The highest BCUT2D eigenvalue weighted by molar-refractivity contribution is 7.84. The van der Waals surface area contributed by atoms with Gasteiger partial charge < -0.3 is 4.74 Å². The first kappa shape index (κ1) is 14.2. The van der Waals surface area contributed by atoms with Crippen LogP contribution in [-0.2, 0) is 19.2 Å². The molecule has 6 nitrogen and oxygen atoms in total. The molecule has 1 aliphatic heterocycles. The topological polar surface area (TPSA) is 72.9 Å². The lowest BCUT2D eigenvalue weighted by molar-refractivity contribution is 0.0228. The number of carbonyl (C=O) groups excluding carboxylic acids is 1. The first-order valence-corrected chi connectivity index (χ1v) is 6.83. The zero-order chi connectivity index (χ0) is 13.4. The molecular weight excluding hydrogens is 246 g/mol. The second-order valence-corrected chi connectivity index (χ2v) is 6.74. The molecule has 1 amide bonds. The molecule has 100 valence electrons. The molecule has 0 N–H and O–H groups in total. The fourth-order valence-electron chi connectivity index (χ4n) is 1.32. The number of ether oxygens (including phenoxy) is 1. The molecule has 1 heterocycles. The molecule has 1 fully saturated rings. The summed E-state index contributed by atoms with van der Waals surface area (Å²) < 4.78 is 33.8. The van der Waals surface area contributed by atoms with Gasteiger partial charge in [-0.05, 0) is 27.7 Å². The van der Waals surface area contributed by atoms with Crippen LogP contribution in [0.1, 0.15) is 34.6 Å². The minimum Gasteiger partial charge on any atom is -0.443 e.